The van der Waals surface area contributed by atoms with Crippen molar-refractivity contribution in [1.82, 2.24) is 0 Å². The zero-order valence-corrected chi connectivity index (χ0v) is 14.4. The van der Waals surface area contributed by atoms with Gasteiger partial charge in [0, 0.05) is 9.75 Å². The van der Waals surface area contributed by atoms with Crippen LogP contribution in [0.3, 0.4) is 0 Å². The Labute approximate surface area is 148 Å². The van der Waals surface area contributed by atoms with Crippen LogP contribution in [0.25, 0.3) is 20.9 Å². The molecule has 0 atom stereocenters. The van der Waals surface area contributed by atoms with E-state index in [9.17, 15) is 0 Å². The molecule has 0 amide bonds. The molecule has 0 aliphatic carbocycles. The molecule has 0 N–H and O–H groups in total. The molecule has 2 aromatic carbocycles. The lowest BCUT2D eigenvalue weighted by Crippen LogP contribution is -1.72. The van der Waals surface area contributed by atoms with Crippen molar-refractivity contribution in [2.75, 3.05) is 0 Å². The van der Waals surface area contributed by atoms with Crippen molar-refractivity contribution in [3.63, 3.8) is 0 Å². The third-order valence-corrected chi connectivity index (χ3v) is 5.42. The SMILES string of the molecule is c1cc(N=Nc2cccc(-c3cccs3)c2)cc(-c2cccs2)c1. The minimum atomic E-state index is 0.863. The van der Waals surface area contributed by atoms with E-state index in [2.05, 4.69) is 69.5 Å². The molecule has 116 valence electrons. The van der Waals surface area contributed by atoms with E-state index in [0.29, 0.717) is 0 Å². The van der Waals surface area contributed by atoms with E-state index >= 15 is 0 Å². The van der Waals surface area contributed by atoms with Crippen LogP contribution in [-0.2, 0) is 0 Å². The molecule has 0 aliphatic rings. The van der Waals surface area contributed by atoms with E-state index < -0.39 is 0 Å². The fourth-order valence-electron chi connectivity index (χ4n) is 2.44. The Hall–Kier alpha value is -2.56. The van der Waals surface area contributed by atoms with Crippen LogP contribution in [0.4, 0.5) is 11.4 Å². The van der Waals surface area contributed by atoms with Crippen LogP contribution in [0.15, 0.2) is 93.8 Å². The second kappa shape index (κ2) is 6.91. The molecule has 0 spiro atoms. The number of rotatable bonds is 4. The Bertz CT molecular complexity index is 875. The summed E-state index contributed by atoms with van der Waals surface area (Å²) in [4.78, 5) is 2.48. The average molecular weight is 346 g/mol. The van der Waals surface area contributed by atoms with E-state index in [4.69, 9.17) is 0 Å². The monoisotopic (exact) mass is 346 g/mol. The van der Waals surface area contributed by atoms with Gasteiger partial charge in [-0.2, -0.15) is 10.2 Å². The van der Waals surface area contributed by atoms with Crippen LogP contribution in [-0.4, -0.2) is 0 Å². The molecule has 2 nitrogen and oxygen atoms in total. The van der Waals surface area contributed by atoms with Crippen LogP contribution >= 0.6 is 22.7 Å². The van der Waals surface area contributed by atoms with Crippen molar-refractivity contribution in [3.05, 3.63) is 83.6 Å². The standard InChI is InChI=1S/C20H14N2S2/c1-5-15(19-9-3-11-23-19)13-17(7-1)21-22-18-8-2-6-16(14-18)20-10-4-12-24-20/h1-14H. The Kier molecular flexibility index (Phi) is 4.32. The Morgan fingerprint density at radius 3 is 1.46 bits per heavy atom. The number of azo groups is 1. The molecule has 2 heterocycles. The summed E-state index contributed by atoms with van der Waals surface area (Å²) in [5, 5.41) is 13.0. The first-order chi connectivity index (χ1) is 11.9. The van der Waals surface area contributed by atoms with Gasteiger partial charge < -0.3 is 0 Å². The topological polar surface area (TPSA) is 24.7 Å². The normalized spacial score (nSPS) is 11.2. The molecule has 0 bridgehead atoms. The van der Waals surface area contributed by atoms with Gasteiger partial charge in [-0.25, -0.2) is 0 Å². The lowest BCUT2D eigenvalue weighted by atomic mass is 10.1. The van der Waals surface area contributed by atoms with Gasteiger partial charge in [0.15, 0.2) is 0 Å². The molecule has 0 aliphatic heterocycles. The summed E-state index contributed by atoms with van der Waals surface area (Å²) < 4.78 is 0. The van der Waals surface area contributed by atoms with Gasteiger partial charge in [0.25, 0.3) is 0 Å². The van der Waals surface area contributed by atoms with Crippen LogP contribution in [0.2, 0.25) is 0 Å². The van der Waals surface area contributed by atoms with Gasteiger partial charge in [-0.1, -0.05) is 36.4 Å². The maximum atomic E-state index is 4.40. The van der Waals surface area contributed by atoms with Gasteiger partial charge in [-0.05, 0) is 58.3 Å². The van der Waals surface area contributed by atoms with Crippen molar-refractivity contribution < 1.29 is 0 Å². The molecule has 2 aromatic heterocycles. The minimum absolute atomic E-state index is 0.863. The summed E-state index contributed by atoms with van der Waals surface area (Å²) in [6.45, 7) is 0. The summed E-state index contributed by atoms with van der Waals surface area (Å²) in [5.41, 5.74) is 4.08. The third kappa shape index (κ3) is 3.35. The van der Waals surface area contributed by atoms with Crippen LogP contribution in [0.5, 0.6) is 0 Å². The predicted molar refractivity (Wildman–Crippen MR) is 104 cm³/mol. The van der Waals surface area contributed by atoms with Crippen LogP contribution in [0.1, 0.15) is 0 Å². The van der Waals surface area contributed by atoms with Gasteiger partial charge in [-0.3, -0.25) is 0 Å². The predicted octanol–water partition coefficient (Wildman–Crippen LogP) is 7.56. The molecule has 0 saturated carbocycles. The van der Waals surface area contributed by atoms with Crippen LogP contribution < -0.4 is 0 Å². The number of thiophene rings is 2. The maximum absolute atomic E-state index is 4.40. The summed E-state index contributed by atoms with van der Waals surface area (Å²) in [6.07, 6.45) is 0. The van der Waals surface area contributed by atoms with Gasteiger partial charge in [0.2, 0.25) is 0 Å². The molecular weight excluding hydrogens is 332 g/mol. The molecular formula is C20H14N2S2. The first kappa shape index (κ1) is 15.0. The molecule has 0 fully saturated rings. The first-order valence-electron chi connectivity index (χ1n) is 7.58. The minimum Gasteiger partial charge on any atom is -0.151 e. The third-order valence-electron chi connectivity index (χ3n) is 3.58. The summed E-state index contributed by atoms with van der Waals surface area (Å²) in [5.74, 6) is 0. The highest BCUT2D eigenvalue weighted by Crippen LogP contribution is 2.30. The van der Waals surface area contributed by atoms with E-state index in [1.54, 1.807) is 22.7 Å². The van der Waals surface area contributed by atoms with Gasteiger partial charge >= 0.3 is 0 Å². The van der Waals surface area contributed by atoms with E-state index in [-0.39, 0.29) is 0 Å². The zero-order chi connectivity index (χ0) is 16.2. The Morgan fingerprint density at radius 2 is 1.04 bits per heavy atom. The number of benzene rings is 2. The lowest BCUT2D eigenvalue weighted by molar-refractivity contribution is 1.23. The molecule has 24 heavy (non-hydrogen) atoms. The van der Waals surface area contributed by atoms with Gasteiger partial charge in [0.05, 0.1) is 11.4 Å². The van der Waals surface area contributed by atoms with Crippen molar-refractivity contribution in [2.45, 2.75) is 0 Å². The van der Waals surface area contributed by atoms with Crippen LogP contribution in [0, 0.1) is 0 Å². The Morgan fingerprint density at radius 1 is 0.542 bits per heavy atom. The summed E-state index contributed by atoms with van der Waals surface area (Å²) >= 11 is 3.46. The van der Waals surface area contributed by atoms with E-state index in [1.165, 1.54) is 20.9 Å². The van der Waals surface area contributed by atoms with Crippen molar-refractivity contribution >= 4 is 34.0 Å². The highest BCUT2D eigenvalue weighted by atomic mass is 32.1. The lowest BCUT2D eigenvalue weighted by Gasteiger charge is -2.00. The number of nitrogens with zero attached hydrogens (tertiary/aromatic N) is 2. The molecule has 0 saturated heterocycles. The zero-order valence-electron chi connectivity index (χ0n) is 12.8. The fourth-order valence-corrected chi connectivity index (χ4v) is 3.89. The largest absolute Gasteiger partial charge is 0.151 e. The molecule has 4 aromatic rings. The smallest absolute Gasteiger partial charge is 0.0863 e. The highest BCUT2D eigenvalue weighted by molar-refractivity contribution is 7.13. The molecule has 4 heteroatoms. The highest BCUT2D eigenvalue weighted by Gasteiger charge is 2.01. The molecule has 0 unspecified atom stereocenters. The average Bonchev–Trinajstić information content (AvgIpc) is 3.34. The number of hydrogen-bond donors (Lipinski definition) is 0. The molecule has 4 rings (SSSR count). The number of hydrogen-bond acceptors (Lipinski definition) is 4. The van der Waals surface area contributed by atoms with Crippen molar-refractivity contribution in [2.24, 2.45) is 10.2 Å². The first-order valence-corrected chi connectivity index (χ1v) is 9.34. The van der Waals surface area contributed by atoms with E-state index in [0.717, 1.165) is 11.4 Å². The van der Waals surface area contributed by atoms with Gasteiger partial charge in [-0.15, -0.1) is 22.7 Å². The fraction of sp³-hybridized carbons (Fsp3) is 0. The van der Waals surface area contributed by atoms with Gasteiger partial charge in [0.1, 0.15) is 0 Å². The summed E-state index contributed by atoms with van der Waals surface area (Å²) in [6, 6.07) is 24.7. The Balaban J connectivity index is 1.59. The quantitative estimate of drug-likeness (QED) is 0.341. The van der Waals surface area contributed by atoms with Crippen molar-refractivity contribution in [1.29, 1.82) is 0 Å². The second-order valence-electron chi connectivity index (χ2n) is 5.26. The van der Waals surface area contributed by atoms with E-state index in [1.807, 2.05) is 24.3 Å². The molecule has 0 radical (unpaired) electrons. The van der Waals surface area contributed by atoms with Crippen molar-refractivity contribution in [3.8, 4) is 20.9 Å². The maximum Gasteiger partial charge on any atom is 0.0863 e. The summed E-state index contributed by atoms with van der Waals surface area (Å²) in [7, 11) is 0. The second-order valence-corrected chi connectivity index (χ2v) is 7.15.